The Balaban J connectivity index is 2.41. The number of ether oxygens (including phenoxy) is 1. The number of likely N-dealkylation sites (tertiary alicyclic amines) is 1. The maximum absolute atomic E-state index is 11.3. The Kier molecular flexibility index (Phi) is 4.68. The molecular formula is C9H15ClN2O3. The Morgan fingerprint density at radius 2 is 2.13 bits per heavy atom. The number of nitrogens with zero attached hydrogens (tertiary/aromatic N) is 1. The van der Waals surface area contributed by atoms with Gasteiger partial charge in [-0.15, -0.1) is 11.6 Å². The lowest BCUT2D eigenvalue weighted by molar-refractivity contribution is -0.128. The molecule has 0 saturated carbocycles. The summed E-state index contributed by atoms with van der Waals surface area (Å²) < 4.78 is 4.90. The highest BCUT2D eigenvalue weighted by Gasteiger charge is 2.21. The lowest BCUT2D eigenvalue weighted by Gasteiger charge is -2.19. The fourth-order valence-electron chi connectivity index (χ4n) is 1.68. The first-order chi connectivity index (χ1) is 7.13. The highest BCUT2D eigenvalue weighted by Crippen LogP contribution is 2.14. The van der Waals surface area contributed by atoms with Gasteiger partial charge in [0.1, 0.15) is 12.0 Å². The summed E-state index contributed by atoms with van der Waals surface area (Å²) in [5, 5.41) is 0. The van der Waals surface area contributed by atoms with Crippen LogP contribution in [0.15, 0.2) is 0 Å². The van der Waals surface area contributed by atoms with E-state index in [2.05, 4.69) is 0 Å². The molecule has 1 saturated heterocycles. The number of halogens is 1. The van der Waals surface area contributed by atoms with Crippen molar-refractivity contribution in [2.24, 2.45) is 5.73 Å². The Hall–Kier alpha value is -0.970. The number of primary amides is 1. The van der Waals surface area contributed by atoms with Crippen LogP contribution in [0.2, 0.25) is 0 Å². The van der Waals surface area contributed by atoms with E-state index in [1.165, 1.54) is 0 Å². The molecule has 1 aliphatic heterocycles. The predicted octanol–water partition coefficient (Wildman–Crippen LogP) is 0.702. The lowest BCUT2D eigenvalue weighted by Crippen LogP contribution is -2.33. The molecule has 0 radical (unpaired) electrons. The standard InChI is InChI=1S/C9H15ClN2O3/c10-6-8(13)12-4-1-2-7(3-5-12)15-9(11)14/h7H,1-6H2,(H2,11,14). The van der Waals surface area contributed by atoms with Gasteiger partial charge in [0.2, 0.25) is 5.91 Å². The van der Waals surface area contributed by atoms with Crippen molar-refractivity contribution in [1.29, 1.82) is 0 Å². The molecule has 1 atom stereocenters. The second-order valence-corrected chi connectivity index (χ2v) is 3.77. The topological polar surface area (TPSA) is 72.6 Å². The summed E-state index contributed by atoms with van der Waals surface area (Å²) in [7, 11) is 0. The molecule has 6 heteroatoms. The van der Waals surface area contributed by atoms with Gasteiger partial charge in [-0.05, 0) is 12.8 Å². The molecule has 0 bridgehead atoms. The van der Waals surface area contributed by atoms with Crippen molar-refractivity contribution >= 4 is 23.6 Å². The van der Waals surface area contributed by atoms with Crippen molar-refractivity contribution in [1.82, 2.24) is 4.90 Å². The molecule has 0 aromatic rings. The number of nitrogens with two attached hydrogens (primary N) is 1. The van der Waals surface area contributed by atoms with Gasteiger partial charge in [-0.25, -0.2) is 4.79 Å². The summed E-state index contributed by atoms with van der Waals surface area (Å²) in [6.45, 7) is 1.24. The number of hydrogen-bond donors (Lipinski definition) is 1. The summed E-state index contributed by atoms with van der Waals surface area (Å²) in [5.74, 6) is -0.0715. The van der Waals surface area contributed by atoms with E-state index < -0.39 is 6.09 Å². The minimum absolute atomic E-state index is 0.00133. The highest BCUT2D eigenvalue weighted by atomic mass is 35.5. The summed E-state index contributed by atoms with van der Waals surface area (Å²) in [5.41, 5.74) is 4.93. The van der Waals surface area contributed by atoms with Crippen molar-refractivity contribution < 1.29 is 14.3 Å². The van der Waals surface area contributed by atoms with E-state index in [-0.39, 0.29) is 17.9 Å². The molecule has 1 heterocycles. The SMILES string of the molecule is NC(=O)OC1CCCN(C(=O)CCl)CC1. The molecule has 2 amide bonds. The second kappa shape index (κ2) is 5.80. The van der Waals surface area contributed by atoms with E-state index in [1.807, 2.05) is 0 Å². The average molecular weight is 235 g/mol. The van der Waals surface area contributed by atoms with Crippen LogP contribution in [0.3, 0.4) is 0 Å². The Morgan fingerprint density at radius 3 is 2.73 bits per heavy atom. The van der Waals surface area contributed by atoms with E-state index in [0.29, 0.717) is 19.5 Å². The van der Waals surface area contributed by atoms with Crippen molar-refractivity contribution in [2.45, 2.75) is 25.4 Å². The van der Waals surface area contributed by atoms with Gasteiger partial charge in [0.05, 0.1) is 0 Å². The Morgan fingerprint density at radius 1 is 1.40 bits per heavy atom. The molecule has 2 N–H and O–H groups in total. The molecule has 0 spiro atoms. The second-order valence-electron chi connectivity index (χ2n) is 3.50. The van der Waals surface area contributed by atoms with Gasteiger partial charge in [0, 0.05) is 19.5 Å². The van der Waals surface area contributed by atoms with Crippen LogP contribution < -0.4 is 5.73 Å². The molecule has 1 aliphatic rings. The van der Waals surface area contributed by atoms with Crippen LogP contribution in [0.4, 0.5) is 4.79 Å². The van der Waals surface area contributed by atoms with Crippen LogP contribution >= 0.6 is 11.6 Å². The number of alkyl halides is 1. The maximum atomic E-state index is 11.3. The van der Waals surface area contributed by atoms with Gasteiger partial charge in [-0.2, -0.15) is 0 Å². The Bertz CT molecular complexity index is 248. The first-order valence-corrected chi connectivity index (χ1v) is 5.46. The van der Waals surface area contributed by atoms with Crippen LogP contribution in [-0.4, -0.2) is 42.0 Å². The van der Waals surface area contributed by atoms with E-state index >= 15 is 0 Å². The van der Waals surface area contributed by atoms with Crippen LogP contribution in [0.5, 0.6) is 0 Å². The van der Waals surface area contributed by atoms with Crippen LogP contribution in [0.1, 0.15) is 19.3 Å². The van der Waals surface area contributed by atoms with E-state index in [4.69, 9.17) is 22.1 Å². The van der Waals surface area contributed by atoms with Gasteiger partial charge in [-0.1, -0.05) is 0 Å². The summed E-state index contributed by atoms with van der Waals surface area (Å²) in [6.07, 6.45) is 1.26. The highest BCUT2D eigenvalue weighted by molar-refractivity contribution is 6.27. The zero-order valence-corrected chi connectivity index (χ0v) is 9.20. The third kappa shape index (κ3) is 3.95. The van der Waals surface area contributed by atoms with E-state index in [0.717, 1.165) is 12.8 Å². The summed E-state index contributed by atoms with van der Waals surface area (Å²) >= 11 is 5.46. The van der Waals surface area contributed by atoms with Crippen molar-refractivity contribution in [3.63, 3.8) is 0 Å². The zero-order chi connectivity index (χ0) is 11.3. The minimum Gasteiger partial charge on any atom is -0.446 e. The first-order valence-electron chi connectivity index (χ1n) is 4.93. The molecule has 0 aliphatic carbocycles. The summed E-state index contributed by atoms with van der Waals surface area (Å²) in [6, 6.07) is 0. The molecule has 1 rings (SSSR count). The van der Waals surface area contributed by atoms with Gasteiger partial charge < -0.3 is 15.4 Å². The fraction of sp³-hybridized carbons (Fsp3) is 0.778. The largest absolute Gasteiger partial charge is 0.446 e. The number of hydrogen-bond acceptors (Lipinski definition) is 3. The lowest BCUT2D eigenvalue weighted by atomic mass is 10.2. The van der Waals surface area contributed by atoms with Gasteiger partial charge in [0.25, 0.3) is 0 Å². The Labute approximate surface area is 93.5 Å². The zero-order valence-electron chi connectivity index (χ0n) is 8.45. The van der Waals surface area contributed by atoms with E-state index in [1.54, 1.807) is 4.90 Å². The molecule has 1 unspecified atom stereocenters. The molecule has 5 nitrogen and oxygen atoms in total. The van der Waals surface area contributed by atoms with Crippen molar-refractivity contribution in [3.8, 4) is 0 Å². The van der Waals surface area contributed by atoms with E-state index in [9.17, 15) is 9.59 Å². The number of rotatable bonds is 2. The fourth-order valence-corrected chi connectivity index (χ4v) is 1.85. The first kappa shape index (κ1) is 12.1. The third-order valence-corrected chi connectivity index (χ3v) is 2.65. The maximum Gasteiger partial charge on any atom is 0.404 e. The van der Waals surface area contributed by atoms with Crippen molar-refractivity contribution in [3.05, 3.63) is 0 Å². The molecule has 0 aromatic heterocycles. The van der Waals surface area contributed by atoms with Gasteiger partial charge in [0.15, 0.2) is 0 Å². The molecule has 0 aromatic carbocycles. The monoisotopic (exact) mass is 234 g/mol. The number of carbonyl (C=O) groups excluding carboxylic acids is 2. The quantitative estimate of drug-likeness (QED) is 0.715. The van der Waals surface area contributed by atoms with Crippen LogP contribution in [0.25, 0.3) is 0 Å². The van der Waals surface area contributed by atoms with Gasteiger partial charge >= 0.3 is 6.09 Å². The average Bonchev–Trinajstić information content (AvgIpc) is 2.41. The smallest absolute Gasteiger partial charge is 0.404 e. The van der Waals surface area contributed by atoms with Crippen LogP contribution in [-0.2, 0) is 9.53 Å². The minimum atomic E-state index is -0.753. The summed E-state index contributed by atoms with van der Waals surface area (Å²) in [4.78, 5) is 23.6. The number of carbonyl (C=O) groups is 2. The predicted molar refractivity (Wildman–Crippen MR) is 55.6 cm³/mol. The molecule has 15 heavy (non-hydrogen) atoms. The van der Waals surface area contributed by atoms with Crippen LogP contribution in [0, 0.1) is 0 Å². The van der Waals surface area contributed by atoms with Crippen molar-refractivity contribution in [2.75, 3.05) is 19.0 Å². The molecular weight excluding hydrogens is 220 g/mol. The molecule has 86 valence electrons. The normalized spacial score (nSPS) is 21.9. The molecule has 1 fully saturated rings. The third-order valence-electron chi connectivity index (χ3n) is 2.42. The van der Waals surface area contributed by atoms with Gasteiger partial charge in [-0.3, -0.25) is 4.79 Å². The number of amides is 2.